The number of halogens is 3. The van der Waals surface area contributed by atoms with Crippen LogP contribution in [0.4, 0.5) is 18.9 Å². The van der Waals surface area contributed by atoms with E-state index in [1.54, 1.807) is 23.7 Å². The first-order valence-electron chi connectivity index (χ1n) is 6.34. The van der Waals surface area contributed by atoms with Gasteiger partial charge in [-0.15, -0.1) is 0 Å². The Morgan fingerprint density at radius 3 is 2.52 bits per heavy atom. The summed E-state index contributed by atoms with van der Waals surface area (Å²) >= 11 is 1.67. The second kappa shape index (κ2) is 7.06. The highest BCUT2D eigenvalue weighted by molar-refractivity contribution is 7.98. The molecule has 21 heavy (non-hydrogen) atoms. The number of hydrogen-bond acceptors (Lipinski definition) is 3. The summed E-state index contributed by atoms with van der Waals surface area (Å²) in [5.74, 6) is -0.464. The molecule has 1 rings (SSSR count). The molecule has 1 aromatic rings. The molecule has 0 heterocycles. The van der Waals surface area contributed by atoms with Crippen molar-refractivity contribution in [1.29, 1.82) is 0 Å². The van der Waals surface area contributed by atoms with Crippen LogP contribution in [0.2, 0.25) is 0 Å². The zero-order valence-corrected chi connectivity index (χ0v) is 12.9. The minimum absolute atomic E-state index is 0.0345. The number of carbonyl (C=O) groups is 1. The van der Waals surface area contributed by atoms with E-state index in [4.69, 9.17) is 5.11 Å². The summed E-state index contributed by atoms with van der Waals surface area (Å²) in [6.07, 6.45) is -1.77. The fourth-order valence-electron chi connectivity index (χ4n) is 1.91. The first-order chi connectivity index (χ1) is 9.68. The number of nitrogens with zero attached hydrogens (tertiary/aromatic N) is 1. The molecule has 118 valence electrons. The van der Waals surface area contributed by atoms with Gasteiger partial charge in [-0.25, -0.2) is 4.79 Å². The molecule has 0 spiro atoms. The van der Waals surface area contributed by atoms with E-state index in [0.29, 0.717) is 11.8 Å². The average molecular weight is 321 g/mol. The maximum Gasteiger partial charge on any atom is 0.416 e. The highest BCUT2D eigenvalue weighted by Crippen LogP contribution is 2.33. The van der Waals surface area contributed by atoms with Crippen LogP contribution >= 0.6 is 11.8 Å². The fourth-order valence-corrected chi connectivity index (χ4v) is 2.49. The molecule has 0 saturated carbocycles. The Morgan fingerprint density at radius 1 is 1.43 bits per heavy atom. The normalized spacial score (nSPS) is 13.0. The van der Waals surface area contributed by atoms with Crippen molar-refractivity contribution in [3.63, 3.8) is 0 Å². The van der Waals surface area contributed by atoms with Gasteiger partial charge in [-0.2, -0.15) is 24.9 Å². The lowest BCUT2D eigenvalue weighted by Crippen LogP contribution is -2.31. The fraction of sp³-hybridized carbons (Fsp3) is 0.500. The molecular formula is C14H18F3NO2S. The van der Waals surface area contributed by atoms with Crippen molar-refractivity contribution in [3.05, 3.63) is 29.3 Å². The van der Waals surface area contributed by atoms with Gasteiger partial charge in [-0.05, 0) is 43.6 Å². The van der Waals surface area contributed by atoms with E-state index in [1.165, 1.54) is 6.07 Å². The van der Waals surface area contributed by atoms with Gasteiger partial charge in [0.15, 0.2) is 0 Å². The van der Waals surface area contributed by atoms with Crippen LogP contribution in [0.1, 0.15) is 29.3 Å². The molecule has 0 bridgehead atoms. The summed E-state index contributed by atoms with van der Waals surface area (Å²) in [7, 11) is 1.69. The minimum atomic E-state index is -4.55. The molecule has 7 heteroatoms. The maximum atomic E-state index is 12.7. The lowest BCUT2D eigenvalue weighted by Gasteiger charge is -2.28. The van der Waals surface area contributed by atoms with Crippen molar-refractivity contribution in [3.8, 4) is 0 Å². The third kappa shape index (κ3) is 4.56. The van der Waals surface area contributed by atoms with Gasteiger partial charge in [0, 0.05) is 13.1 Å². The summed E-state index contributed by atoms with van der Waals surface area (Å²) in [6.45, 7) is 1.92. The molecule has 1 N–H and O–H groups in total. The van der Waals surface area contributed by atoms with Crippen molar-refractivity contribution < 1.29 is 23.1 Å². The summed E-state index contributed by atoms with van der Waals surface area (Å²) in [6, 6.07) is 2.86. The number of thioether (sulfide) groups is 1. The first kappa shape index (κ1) is 17.7. The highest BCUT2D eigenvalue weighted by atomic mass is 32.2. The van der Waals surface area contributed by atoms with Crippen LogP contribution < -0.4 is 4.90 Å². The lowest BCUT2D eigenvalue weighted by molar-refractivity contribution is -0.137. The summed E-state index contributed by atoms with van der Waals surface area (Å²) < 4.78 is 38.0. The first-order valence-corrected chi connectivity index (χ1v) is 7.74. The molecule has 0 aliphatic carbocycles. The zero-order valence-electron chi connectivity index (χ0n) is 12.1. The molecule has 1 atom stereocenters. The van der Waals surface area contributed by atoms with Crippen LogP contribution in [0, 0.1) is 0 Å². The van der Waals surface area contributed by atoms with E-state index in [9.17, 15) is 18.0 Å². The Hall–Kier alpha value is -1.37. The number of alkyl halides is 3. The monoisotopic (exact) mass is 321 g/mol. The van der Waals surface area contributed by atoms with E-state index < -0.39 is 17.7 Å². The van der Waals surface area contributed by atoms with Gasteiger partial charge in [-0.3, -0.25) is 0 Å². The molecule has 0 saturated heterocycles. The Bertz CT molecular complexity index is 505. The Balaban J connectivity index is 3.15. The second-order valence-corrected chi connectivity index (χ2v) is 5.76. The molecule has 0 fully saturated rings. The minimum Gasteiger partial charge on any atom is -0.478 e. The quantitative estimate of drug-likeness (QED) is 0.860. The Morgan fingerprint density at radius 2 is 2.05 bits per heavy atom. The van der Waals surface area contributed by atoms with Crippen molar-refractivity contribution in [2.24, 2.45) is 0 Å². The van der Waals surface area contributed by atoms with E-state index in [2.05, 4.69) is 0 Å². The Kier molecular flexibility index (Phi) is 5.95. The lowest BCUT2D eigenvalue weighted by atomic mass is 10.1. The van der Waals surface area contributed by atoms with Gasteiger partial charge in [0.2, 0.25) is 0 Å². The van der Waals surface area contributed by atoms with Gasteiger partial charge in [-0.1, -0.05) is 0 Å². The number of aromatic carboxylic acids is 1. The average Bonchev–Trinajstić information content (AvgIpc) is 2.42. The van der Waals surface area contributed by atoms with Gasteiger partial charge >= 0.3 is 12.1 Å². The predicted octanol–water partition coefficient (Wildman–Crippen LogP) is 3.98. The van der Waals surface area contributed by atoms with E-state index >= 15 is 0 Å². The molecule has 0 aromatic heterocycles. The van der Waals surface area contributed by atoms with Gasteiger partial charge in [0.25, 0.3) is 0 Å². The zero-order chi connectivity index (χ0) is 16.2. The standard InChI is InChI=1S/C14H18F3NO2S/c1-9(6-7-21-3)18(2)12-5-4-10(14(15,16)17)8-11(12)13(19)20/h4-5,8-9H,6-7H2,1-3H3,(H,19,20). The third-order valence-electron chi connectivity index (χ3n) is 3.34. The number of carboxylic acids is 1. The highest BCUT2D eigenvalue weighted by Gasteiger charge is 2.32. The largest absolute Gasteiger partial charge is 0.478 e. The van der Waals surface area contributed by atoms with Crippen molar-refractivity contribution in [2.75, 3.05) is 24.0 Å². The smallest absolute Gasteiger partial charge is 0.416 e. The molecule has 0 amide bonds. The van der Waals surface area contributed by atoms with Crippen LogP contribution in [0.25, 0.3) is 0 Å². The van der Waals surface area contributed by atoms with Crippen LogP contribution in [-0.2, 0) is 6.18 Å². The van der Waals surface area contributed by atoms with Crippen LogP contribution in [-0.4, -0.2) is 36.2 Å². The van der Waals surface area contributed by atoms with E-state index in [-0.39, 0.29) is 11.6 Å². The SMILES string of the molecule is CSCCC(C)N(C)c1ccc(C(F)(F)F)cc1C(=O)O. The van der Waals surface area contributed by atoms with Crippen molar-refractivity contribution in [1.82, 2.24) is 0 Å². The van der Waals surface area contributed by atoms with Crippen LogP contribution in [0.15, 0.2) is 18.2 Å². The number of carboxylic acid groups (broad SMARTS) is 1. The van der Waals surface area contributed by atoms with Crippen molar-refractivity contribution >= 4 is 23.4 Å². The molecule has 0 aliphatic heterocycles. The Labute approximate surface area is 126 Å². The number of anilines is 1. The predicted molar refractivity (Wildman–Crippen MR) is 79.3 cm³/mol. The number of hydrogen-bond donors (Lipinski definition) is 1. The van der Waals surface area contributed by atoms with E-state index in [1.807, 2.05) is 13.2 Å². The molecule has 0 aliphatic rings. The molecule has 1 unspecified atom stereocenters. The topological polar surface area (TPSA) is 40.5 Å². The molecule has 3 nitrogen and oxygen atoms in total. The molecular weight excluding hydrogens is 303 g/mol. The van der Waals surface area contributed by atoms with Crippen LogP contribution in [0.3, 0.4) is 0 Å². The van der Waals surface area contributed by atoms with E-state index in [0.717, 1.165) is 18.2 Å². The molecule has 0 radical (unpaired) electrons. The summed E-state index contributed by atoms with van der Waals surface area (Å²) in [5.41, 5.74) is -0.985. The third-order valence-corrected chi connectivity index (χ3v) is 3.98. The maximum absolute atomic E-state index is 12.7. The van der Waals surface area contributed by atoms with Gasteiger partial charge < -0.3 is 10.0 Å². The second-order valence-electron chi connectivity index (χ2n) is 4.78. The van der Waals surface area contributed by atoms with Crippen molar-refractivity contribution in [2.45, 2.75) is 25.6 Å². The van der Waals surface area contributed by atoms with Gasteiger partial charge in [0.05, 0.1) is 16.8 Å². The summed E-state index contributed by atoms with van der Waals surface area (Å²) in [4.78, 5) is 13.0. The number of benzene rings is 1. The number of rotatable bonds is 6. The van der Waals surface area contributed by atoms with Crippen LogP contribution in [0.5, 0.6) is 0 Å². The van der Waals surface area contributed by atoms with Gasteiger partial charge in [0.1, 0.15) is 0 Å². The summed E-state index contributed by atoms with van der Waals surface area (Å²) in [5, 5.41) is 9.16. The molecule has 1 aromatic carbocycles.